The largest absolute Gasteiger partial charge is 0.488 e. The zero-order valence-corrected chi connectivity index (χ0v) is 26.3. The Morgan fingerprint density at radius 1 is 0.978 bits per heavy atom. The van der Waals surface area contributed by atoms with Crippen LogP contribution >= 0.6 is 11.6 Å². The fourth-order valence-electron chi connectivity index (χ4n) is 5.86. The molecule has 3 aliphatic rings. The third-order valence-electron chi connectivity index (χ3n) is 8.70. The Bertz CT molecular complexity index is 1570. The molecular formula is C35H38ClF3N4O3. The summed E-state index contributed by atoms with van der Waals surface area (Å²) in [6.07, 6.45) is 6.16. The second-order valence-electron chi connectivity index (χ2n) is 12.3. The Morgan fingerprint density at radius 2 is 1.72 bits per heavy atom. The van der Waals surface area contributed by atoms with Gasteiger partial charge in [-0.15, -0.1) is 0 Å². The van der Waals surface area contributed by atoms with E-state index in [1.54, 1.807) is 4.90 Å². The van der Waals surface area contributed by atoms with Crippen LogP contribution in [-0.4, -0.2) is 61.1 Å². The van der Waals surface area contributed by atoms with Crippen molar-refractivity contribution in [2.45, 2.75) is 69.6 Å². The predicted molar refractivity (Wildman–Crippen MR) is 170 cm³/mol. The van der Waals surface area contributed by atoms with Gasteiger partial charge in [0.25, 0.3) is 0 Å². The second kappa shape index (κ2) is 14.4. The van der Waals surface area contributed by atoms with E-state index in [9.17, 15) is 22.8 Å². The topological polar surface area (TPSA) is 73.9 Å². The first-order chi connectivity index (χ1) is 22.3. The standard InChI is InChI=1S/C35H38ClF3N4O3/c36-28-12-5-23(15-16-41-25-6-7-25)18-24(28)21-42(26-10-11-26)35(45)31-19-40-20-32(44)43(31)27-8-3-22(4-9-27)2-1-17-46-34-30(38)14-13-29(37)33(34)39/h3-5,8-9,12-14,18,25-26,31,40-41H,1-2,6-7,10-11,15-17,19-21H2/t31-/m1/s1. The number of anilines is 1. The number of rotatable bonds is 14. The lowest BCUT2D eigenvalue weighted by molar-refractivity contribution is -0.136. The number of benzene rings is 3. The van der Waals surface area contributed by atoms with Gasteiger partial charge in [0.05, 0.1) is 13.2 Å². The highest BCUT2D eigenvalue weighted by molar-refractivity contribution is 6.31. The average molecular weight is 655 g/mol. The lowest BCUT2D eigenvalue weighted by atomic mass is 10.0. The first-order valence-electron chi connectivity index (χ1n) is 16.0. The summed E-state index contributed by atoms with van der Waals surface area (Å²) in [4.78, 5) is 30.8. The van der Waals surface area contributed by atoms with E-state index in [0.717, 1.165) is 43.0 Å². The predicted octanol–water partition coefficient (Wildman–Crippen LogP) is 5.56. The Balaban J connectivity index is 1.10. The van der Waals surface area contributed by atoms with E-state index in [2.05, 4.69) is 16.7 Å². The maximum Gasteiger partial charge on any atom is 0.247 e. The van der Waals surface area contributed by atoms with Crippen molar-refractivity contribution in [2.24, 2.45) is 0 Å². The van der Waals surface area contributed by atoms with E-state index in [-0.39, 0.29) is 31.0 Å². The van der Waals surface area contributed by atoms with Crippen LogP contribution in [0.15, 0.2) is 54.6 Å². The van der Waals surface area contributed by atoms with E-state index >= 15 is 0 Å². The molecule has 3 fully saturated rings. The number of aryl methyl sites for hydroxylation is 1. The molecule has 2 saturated carbocycles. The number of carbonyl (C=O) groups excluding carboxylic acids is 2. The molecule has 46 heavy (non-hydrogen) atoms. The van der Waals surface area contributed by atoms with Crippen molar-refractivity contribution in [1.29, 1.82) is 0 Å². The third-order valence-corrected chi connectivity index (χ3v) is 9.07. The molecule has 1 aliphatic heterocycles. The molecule has 11 heteroatoms. The van der Waals surface area contributed by atoms with Gasteiger partial charge in [-0.25, -0.2) is 8.78 Å². The minimum Gasteiger partial charge on any atom is -0.488 e. The van der Waals surface area contributed by atoms with Crippen LogP contribution < -0.4 is 20.3 Å². The number of nitrogens with zero attached hydrogens (tertiary/aromatic N) is 2. The summed E-state index contributed by atoms with van der Waals surface area (Å²) in [5.74, 6) is -4.50. The molecule has 0 aromatic heterocycles. The van der Waals surface area contributed by atoms with Gasteiger partial charge in [-0.05, 0) is 98.5 Å². The lowest BCUT2D eigenvalue weighted by Crippen LogP contribution is -2.61. The number of ether oxygens (including phenoxy) is 1. The number of amides is 2. The molecule has 1 saturated heterocycles. The van der Waals surface area contributed by atoms with Gasteiger partial charge in [-0.3, -0.25) is 14.5 Å². The maximum atomic E-state index is 14.1. The highest BCUT2D eigenvalue weighted by atomic mass is 35.5. The summed E-state index contributed by atoms with van der Waals surface area (Å²) >= 11 is 6.62. The molecule has 1 heterocycles. The van der Waals surface area contributed by atoms with Crippen molar-refractivity contribution in [3.05, 3.63) is 93.8 Å². The van der Waals surface area contributed by atoms with Crippen molar-refractivity contribution in [2.75, 3.05) is 31.1 Å². The smallest absolute Gasteiger partial charge is 0.247 e. The lowest BCUT2D eigenvalue weighted by Gasteiger charge is -2.38. The molecule has 7 nitrogen and oxygen atoms in total. The van der Waals surface area contributed by atoms with E-state index < -0.39 is 29.2 Å². The third kappa shape index (κ3) is 7.85. The van der Waals surface area contributed by atoms with Crippen LogP contribution in [0.5, 0.6) is 5.75 Å². The minimum absolute atomic E-state index is 0.00677. The number of carbonyl (C=O) groups is 2. The van der Waals surface area contributed by atoms with Crippen molar-refractivity contribution in [3.63, 3.8) is 0 Å². The Labute approximate surface area is 272 Å². The highest BCUT2D eigenvalue weighted by Crippen LogP contribution is 2.33. The van der Waals surface area contributed by atoms with Crippen LogP contribution in [-0.2, 0) is 29.0 Å². The Hall–Kier alpha value is -3.60. The molecule has 2 amide bonds. The zero-order valence-electron chi connectivity index (χ0n) is 25.5. The van der Waals surface area contributed by atoms with E-state index in [1.807, 2.05) is 41.3 Å². The molecule has 0 bridgehead atoms. The van der Waals surface area contributed by atoms with Crippen LogP contribution in [0, 0.1) is 17.5 Å². The molecule has 1 atom stereocenters. The molecular weight excluding hydrogens is 617 g/mol. The van der Waals surface area contributed by atoms with Gasteiger partial charge in [0.2, 0.25) is 17.6 Å². The number of hydrogen-bond donors (Lipinski definition) is 2. The van der Waals surface area contributed by atoms with Crippen molar-refractivity contribution >= 4 is 29.1 Å². The SMILES string of the molecule is O=C([C@H]1CNCC(=O)N1c1ccc(CCCOc2c(F)ccc(F)c2F)cc1)N(Cc1cc(CCNC2CC2)ccc1Cl)C1CC1. The molecule has 0 spiro atoms. The van der Waals surface area contributed by atoms with Gasteiger partial charge in [0.15, 0.2) is 17.4 Å². The summed E-state index contributed by atoms with van der Waals surface area (Å²) < 4.78 is 46.3. The summed E-state index contributed by atoms with van der Waals surface area (Å²) in [5, 5.41) is 7.27. The van der Waals surface area contributed by atoms with Crippen LogP contribution in [0.3, 0.4) is 0 Å². The number of halogens is 4. The molecule has 3 aromatic carbocycles. The molecule has 2 N–H and O–H groups in total. The molecule has 3 aromatic rings. The maximum absolute atomic E-state index is 14.1. The fourth-order valence-corrected chi connectivity index (χ4v) is 6.04. The highest BCUT2D eigenvalue weighted by Gasteiger charge is 2.41. The summed E-state index contributed by atoms with van der Waals surface area (Å²) in [6, 6.07) is 15.0. The fraction of sp³-hybridized carbons (Fsp3) is 0.429. The molecule has 0 unspecified atom stereocenters. The Morgan fingerprint density at radius 3 is 2.46 bits per heavy atom. The zero-order chi connectivity index (χ0) is 32.2. The summed E-state index contributed by atoms with van der Waals surface area (Å²) in [7, 11) is 0. The van der Waals surface area contributed by atoms with Crippen molar-refractivity contribution in [1.82, 2.24) is 15.5 Å². The quantitative estimate of drug-likeness (QED) is 0.176. The van der Waals surface area contributed by atoms with E-state index in [1.165, 1.54) is 18.4 Å². The van der Waals surface area contributed by atoms with Crippen LogP contribution in [0.2, 0.25) is 5.02 Å². The van der Waals surface area contributed by atoms with Crippen molar-refractivity contribution in [3.8, 4) is 5.75 Å². The monoisotopic (exact) mass is 654 g/mol. The summed E-state index contributed by atoms with van der Waals surface area (Å²) in [5.41, 5.74) is 3.61. The van der Waals surface area contributed by atoms with E-state index in [0.29, 0.717) is 48.7 Å². The van der Waals surface area contributed by atoms with Gasteiger partial charge >= 0.3 is 0 Å². The van der Waals surface area contributed by atoms with Crippen LogP contribution in [0.1, 0.15) is 48.8 Å². The van der Waals surface area contributed by atoms with Gasteiger partial charge in [-0.2, -0.15) is 4.39 Å². The molecule has 6 rings (SSSR count). The van der Waals surface area contributed by atoms with Gasteiger partial charge in [0.1, 0.15) is 6.04 Å². The number of piperazine rings is 1. The average Bonchev–Trinajstić information content (AvgIpc) is 3.99. The van der Waals surface area contributed by atoms with Crippen molar-refractivity contribution < 1.29 is 27.5 Å². The number of nitrogens with one attached hydrogen (secondary N) is 2. The van der Waals surface area contributed by atoms with E-state index in [4.69, 9.17) is 16.3 Å². The Kier molecular flexibility index (Phi) is 10.2. The van der Waals surface area contributed by atoms with Gasteiger partial charge in [0, 0.05) is 35.9 Å². The normalized spacial score (nSPS) is 18.1. The summed E-state index contributed by atoms with van der Waals surface area (Å²) in [6.45, 7) is 1.74. The first kappa shape index (κ1) is 32.3. The minimum atomic E-state index is -1.34. The molecule has 0 radical (unpaired) electrons. The van der Waals surface area contributed by atoms with Crippen LogP contribution in [0.25, 0.3) is 0 Å². The van der Waals surface area contributed by atoms with Gasteiger partial charge < -0.3 is 20.3 Å². The second-order valence-corrected chi connectivity index (χ2v) is 12.7. The van der Waals surface area contributed by atoms with Gasteiger partial charge in [-0.1, -0.05) is 35.9 Å². The number of hydrogen-bond acceptors (Lipinski definition) is 5. The first-order valence-corrected chi connectivity index (χ1v) is 16.4. The molecule has 244 valence electrons. The van der Waals surface area contributed by atoms with Crippen LogP contribution in [0.4, 0.5) is 18.9 Å². The molecule has 2 aliphatic carbocycles.